The van der Waals surface area contributed by atoms with Gasteiger partial charge in [-0.15, -0.1) is 5.10 Å². The number of benzene rings is 1. The van der Waals surface area contributed by atoms with E-state index in [0.29, 0.717) is 12.2 Å². The molecule has 0 aliphatic heterocycles. The number of carbonyl (C=O) groups is 1. The summed E-state index contributed by atoms with van der Waals surface area (Å²) in [4.78, 5) is 12.0. The number of nitrogens with zero attached hydrogens (tertiary/aromatic N) is 3. The third-order valence-electron chi connectivity index (χ3n) is 2.49. The van der Waals surface area contributed by atoms with Gasteiger partial charge < -0.3 is 9.22 Å². The molecule has 1 aromatic carbocycles. The number of fused-ring (bicyclic) bond motifs is 1. The molecule has 0 spiro atoms. The minimum atomic E-state index is -0.305. The van der Waals surface area contributed by atoms with E-state index < -0.39 is 0 Å². The molecule has 0 atom stereocenters. The van der Waals surface area contributed by atoms with Crippen molar-refractivity contribution in [1.82, 2.24) is 9.59 Å². The number of likely N-dealkylation sites (N-methyl/N-ethyl adjacent to an activating group) is 1. The average molecular weight is 266 g/mol. The van der Waals surface area contributed by atoms with Gasteiger partial charge in [0.05, 0.1) is 31.4 Å². The maximum absolute atomic E-state index is 12.0. The minimum Gasteiger partial charge on any atom is -0.456 e. The molecular formula is C12H16N3O2S+. The summed E-state index contributed by atoms with van der Waals surface area (Å²) in [6.45, 7) is 1.19. The third kappa shape index (κ3) is 3.02. The highest BCUT2D eigenvalue weighted by Gasteiger charge is 2.15. The number of aromatic nitrogens is 2. The van der Waals surface area contributed by atoms with Crippen LogP contribution in [0.3, 0.4) is 0 Å². The number of ether oxygens (including phenoxy) is 1. The maximum atomic E-state index is 12.0. The smallest absolute Gasteiger partial charge is 0.339 e. The van der Waals surface area contributed by atoms with E-state index in [1.54, 1.807) is 12.1 Å². The Morgan fingerprint density at radius 3 is 2.89 bits per heavy atom. The van der Waals surface area contributed by atoms with Crippen molar-refractivity contribution in [3.8, 4) is 0 Å². The number of rotatable bonds is 4. The van der Waals surface area contributed by atoms with E-state index in [2.05, 4.69) is 30.7 Å². The van der Waals surface area contributed by atoms with Crippen molar-refractivity contribution < 1.29 is 14.0 Å². The lowest BCUT2D eigenvalue weighted by atomic mass is 10.2. The van der Waals surface area contributed by atoms with Gasteiger partial charge in [-0.25, -0.2) is 4.79 Å². The third-order valence-corrected chi connectivity index (χ3v) is 3.27. The normalized spacial score (nSPS) is 11.7. The van der Waals surface area contributed by atoms with Gasteiger partial charge in [-0.3, -0.25) is 0 Å². The summed E-state index contributed by atoms with van der Waals surface area (Å²) in [5.74, 6) is -0.305. The van der Waals surface area contributed by atoms with Crippen LogP contribution < -0.4 is 0 Å². The fraction of sp³-hybridized carbons (Fsp3) is 0.417. The molecule has 0 bridgehead atoms. The molecule has 0 unspecified atom stereocenters. The molecule has 1 heterocycles. The van der Waals surface area contributed by atoms with Gasteiger partial charge in [0.15, 0.2) is 0 Å². The summed E-state index contributed by atoms with van der Waals surface area (Å²) < 4.78 is 10.7. The molecule has 0 aliphatic rings. The van der Waals surface area contributed by atoms with Crippen LogP contribution in [0.15, 0.2) is 18.2 Å². The van der Waals surface area contributed by atoms with Crippen LogP contribution in [-0.4, -0.2) is 54.3 Å². The monoisotopic (exact) mass is 266 g/mol. The molecule has 18 heavy (non-hydrogen) atoms. The fourth-order valence-electron chi connectivity index (χ4n) is 1.46. The molecule has 0 aliphatic carbocycles. The highest BCUT2D eigenvalue weighted by Crippen LogP contribution is 2.20. The topological polar surface area (TPSA) is 52.1 Å². The summed E-state index contributed by atoms with van der Waals surface area (Å²) in [5, 5.41) is 3.94. The van der Waals surface area contributed by atoms with Crippen molar-refractivity contribution >= 4 is 27.7 Å². The Morgan fingerprint density at radius 2 is 2.17 bits per heavy atom. The molecule has 0 saturated carbocycles. The van der Waals surface area contributed by atoms with Gasteiger partial charge in [0.25, 0.3) is 0 Å². The summed E-state index contributed by atoms with van der Waals surface area (Å²) in [7, 11) is 6.17. The Balaban J connectivity index is 2.07. The van der Waals surface area contributed by atoms with Crippen LogP contribution in [0.2, 0.25) is 0 Å². The lowest BCUT2D eigenvalue weighted by Gasteiger charge is -2.23. The molecule has 0 saturated heterocycles. The molecule has 2 aromatic rings. The van der Waals surface area contributed by atoms with Gasteiger partial charge in [0.1, 0.15) is 18.7 Å². The van der Waals surface area contributed by atoms with Gasteiger partial charge in [-0.1, -0.05) is 10.6 Å². The number of esters is 1. The minimum absolute atomic E-state index is 0.305. The summed E-state index contributed by atoms with van der Waals surface area (Å²) in [5.41, 5.74) is 1.28. The number of hydrogen-bond donors (Lipinski definition) is 0. The molecule has 0 radical (unpaired) electrons. The SMILES string of the molecule is C[N+](C)(C)CCOC(=O)c1cccc2nnsc12. The molecule has 5 nitrogen and oxygen atoms in total. The quantitative estimate of drug-likeness (QED) is 0.622. The van der Waals surface area contributed by atoms with Crippen molar-refractivity contribution in [2.24, 2.45) is 0 Å². The highest BCUT2D eigenvalue weighted by molar-refractivity contribution is 7.13. The van der Waals surface area contributed by atoms with Crippen LogP contribution in [0.1, 0.15) is 10.4 Å². The Bertz CT molecular complexity index is 560. The van der Waals surface area contributed by atoms with E-state index in [4.69, 9.17) is 4.74 Å². The predicted molar refractivity (Wildman–Crippen MR) is 70.6 cm³/mol. The zero-order valence-corrected chi connectivity index (χ0v) is 11.5. The number of carbonyl (C=O) groups excluding carboxylic acids is 1. The molecule has 6 heteroatoms. The largest absolute Gasteiger partial charge is 0.456 e. The van der Waals surface area contributed by atoms with Crippen molar-refractivity contribution in [2.75, 3.05) is 34.3 Å². The van der Waals surface area contributed by atoms with Crippen molar-refractivity contribution in [2.45, 2.75) is 0 Å². The molecule has 0 fully saturated rings. The maximum Gasteiger partial charge on any atom is 0.339 e. The summed E-state index contributed by atoms with van der Waals surface area (Å²) in [6.07, 6.45) is 0. The molecule has 2 rings (SSSR count). The van der Waals surface area contributed by atoms with Crippen molar-refractivity contribution in [3.05, 3.63) is 23.8 Å². The molecule has 0 N–H and O–H groups in total. The Morgan fingerprint density at radius 1 is 1.39 bits per heavy atom. The van der Waals surface area contributed by atoms with Gasteiger partial charge >= 0.3 is 5.97 Å². The van der Waals surface area contributed by atoms with Crippen LogP contribution in [0, 0.1) is 0 Å². The van der Waals surface area contributed by atoms with Gasteiger partial charge in [-0.2, -0.15) is 0 Å². The first-order chi connectivity index (χ1) is 8.47. The van der Waals surface area contributed by atoms with E-state index in [9.17, 15) is 4.79 Å². The van der Waals surface area contributed by atoms with E-state index in [0.717, 1.165) is 21.2 Å². The standard InChI is InChI=1S/C12H16N3O2S/c1-15(2,3)7-8-17-12(16)9-5-4-6-10-11(9)18-14-13-10/h4-6H,7-8H2,1-3H3/q+1. The van der Waals surface area contributed by atoms with Crippen LogP contribution in [0.5, 0.6) is 0 Å². The second-order valence-corrected chi connectivity index (χ2v) is 5.83. The van der Waals surface area contributed by atoms with Gasteiger partial charge in [0, 0.05) is 0 Å². The number of hydrogen-bond acceptors (Lipinski definition) is 5. The fourth-order valence-corrected chi connectivity index (χ4v) is 2.12. The second-order valence-electron chi connectivity index (χ2n) is 5.08. The van der Waals surface area contributed by atoms with E-state index in [1.165, 1.54) is 11.5 Å². The van der Waals surface area contributed by atoms with Crippen molar-refractivity contribution in [3.63, 3.8) is 0 Å². The zero-order valence-electron chi connectivity index (χ0n) is 10.7. The van der Waals surface area contributed by atoms with Crippen LogP contribution in [-0.2, 0) is 4.74 Å². The van der Waals surface area contributed by atoms with Crippen LogP contribution >= 0.6 is 11.5 Å². The average Bonchev–Trinajstić information content (AvgIpc) is 2.74. The zero-order chi connectivity index (χ0) is 13.2. The van der Waals surface area contributed by atoms with E-state index in [1.807, 2.05) is 6.07 Å². The van der Waals surface area contributed by atoms with Crippen molar-refractivity contribution in [1.29, 1.82) is 0 Å². The van der Waals surface area contributed by atoms with Crippen LogP contribution in [0.4, 0.5) is 0 Å². The first-order valence-corrected chi connectivity index (χ1v) is 6.43. The Hall–Kier alpha value is -1.53. The second kappa shape index (κ2) is 4.99. The summed E-state index contributed by atoms with van der Waals surface area (Å²) >= 11 is 1.22. The van der Waals surface area contributed by atoms with E-state index in [-0.39, 0.29) is 5.97 Å². The highest BCUT2D eigenvalue weighted by atomic mass is 32.1. The Labute approximate surface area is 110 Å². The molecule has 0 amide bonds. The first-order valence-electron chi connectivity index (χ1n) is 5.66. The van der Waals surface area contributed by atoms with Gasteiger partial charge in [-0.05, 0) is 23.7 Å². The summed E-state index contributed by atoms with van der Waals surface area (Å²) in [6, 6.07) is 5.37. The number of quaternary nitrogens is 1. The predicted octanol–water partition coefficient (Wildman–Crippen LogP) is 1.55. The first kappa shape index (κ1) is 12.9. The lowest BCUT2D eigenvalue weighted by molar-refractivity contribution is -0.870. The Kier molecular flexibility index (Phi) is 3.58. The van der Waals surface area contributed by atoms with Gasteiger partial charge in [0.2, 0.25) is 0 Å². The molecular weight excluding hydrogens is 250 g/mol. The lowest BCUT2D eigenvalue weighted by Crippen LogP contribution is -2.38. The molecule has 1 aromatic heterocycles. The van der Waals surface area contributed by atoms with E-state index >= 15 is 0 Å². The van der Waals surface area contributed by atoms with Crippen LogP contribution in [0.25, 0.3) is 10.2 Å². The molecule has 96 valence electrons.